The van der Waals surface area contributed by atoms with Crippen LogP contribution in [-0.2, 0) is 12.8 Å². The number of aryl methyl sites for hydroxylation is 1. The van der Waals surface area contributed by atoms with Crippen LogP contribution in [0.1, 0.15) is 28.0 Å². The number of carbonyl (C=O) groups is 1. The van der Waals surface area contributed by atoms with Crippen LogP contribution in [-0.4, -0.2) is 16.2 Å². The first kappa shape index (κ1) is 10.2. The van der Waals surface area contributed by atoms with E-state index in [9.17, 15) is 9.90 Å². The van der Waals surface area contributed by atoms with Gasteiger partial charge in [0.05, 0.1) is 12.2 Å². The minimum absolute atomic E-state index is 0. The molecule has 0 spiro atoms. The SMILES string of the molecule is O=C([O-])c1nncc2c1CCC2.[Li+]. The van der Waals surface area contributed by atoms with E-state index in [4.69, 9.17) is 0 Å². The topological polar surface area (TPSA) is 65.9 Å². The fourth-order valence-electron chi connectivity index (χ4n) is 1.56. The van der Waals surface area contributed by atoms with Gasteiger partial charge in [0.25, 0.3) is 0 Å². The first-order valence-electron chi connectivity index (χ1n) is 3.84. The zero-order chi connectivity index (χ0) is 8.55. The van der Waals surface area contributed by atoms with Crippen molar-refractivity contribution in [3.8, 4) is 0 Å². The molecule has 1 aromatic rings. The second kappa shape index (κ2) is 3.90. The Morgan fingerprint density at radius 2 is 2.23 bits per heavy atom. The van der Waals surface area contributed by atoms with Crippen LogP contribution in [0.3, 0.4) is 0 Å². The van der Waals surface area contributed by atoms with E-state index in [1.807, 2.05) is 0 Å². The van der Waals surface area contributed by atoms with Crippen molar-refractivity contribution in [3.63, 3.8) is 0 Å². The number of hydrogen-bond acceptors (Lipinski definition) is 4. The van der Waals surface area contributed by atoms with E-state index in [2.05, 4.69) is 10.2 Å². The Kier molecular flexibility index (Phi) is 3.07. The molecular weight excluding hydrogens is 163 g/mol. The van der Waals surface area contributed by atoms with Crippen LogP contribution < -0.4 is 24.0 Å². The molecule has 2 rings (SSSR count). The van der Waals surface area contributed by atoms with Gasteiger partial charge in [0.15, 0.2) is 0 Å². The first-order chi connectivity index (χ1) is 5.79. The van der Waals surface area contributed by atoms with Crippen LogP contribution in [0, 0.1) is 0 Å². The second-order valence-corrected chi connectivity index (χ2v) is 2.84. The van der Waals surface area contributed by atoms with Gasteiger partial charge in [0.2, 0.25) is 0 Å². The Balaban J connectivity index is 0.000000845. The Morgan fingerprint density at radius 1 is 1.46 bits per heavy atom. The molecule has 0 saturated heterocycles. The van der Waals surface area contributed by atoms with Crippen molar-refractivity contribution < 1.29 is 28.8 Å². The number of aromatic nitrogens is 2. The molecule has 5 heteroatoms. The molecule has 0 amide bonds. The van der Waals surface area contributed by atoms with Gasteiger partial charge in [-0.25, -0.2) is 0 Å². The third kappa shape index (κ3) is 1.74. The number of fused-ring (bicyclic) bond motifs is 1. The second-order valence-electron chi connectivity index (χ2n) is 2.84. The third-order valence-corrected chi connectivity index (χ3v) is 2.11. The van der Waals surface area contributed by atoms with E-state index in [1.54, 1.807) is 6.20 Å². The Hall–Kier alpha value is -0.853. The van der Waals surface area contributed by atoms with Gasteiger partial charge >= 0.3 is 18.9 Å². The number of carbonyl (C=O) groups excluding carboxylic acids is 1. The van der Waals surface area contributed by atoms with Crippen LogP contribution >= 0.6 is 0 Å². The smallest absolute Gasteiger partial charge is 0.543 e. The molecule has 1 aliphatic rings. The molecule has 0 fully saturated rings. The Morgan fingerprint density at radius 3 is 2.92 bits per heavy atom. The summed E-state index contributed by atoms with van der Waals surface area (Å²) in [4.78, 5) is 10.5. The molecule has 1 aliphatic carbocycles. The summed E-state index contributed by atoms with van der Waals surface area (Å²) in [6.45, 7) is 0. The van der Waals surface area contributed by atoms with Crippen LogP contribution in [0.2, 0.25) is 0 Å². The number of nitrogens with zero attached hydrogens (tertiary/aromatic N) is 2. The molecule has 0 radical (unpaired) electrons. The number of carboxylic acids is 1. The molecular formula is C8H7LiN2O2. The quantitative estimate of drug-likeness (QED) is 0.407. The van der Waals surface area contributed by atoms with Crippen LogP contribution in [0.5, 0.6) is 0 Å². The summed E-state index contributed by atoms with van der Waals surface area (Å²) in [5, 5.41) is 17.7. The van der Waals surface area contributed by atoms with E-state index < -0.39 is 5.97 Å². The van der Waals surface area contributed by atoms with Gasteiger partial charge in [0, 0.05) is 0 Å². The average Bonchev–Trinajstić information content (AvgIpc) is 2.49. The molecule has 0 unspecified atom stereocenters. The van der Waals surface area contributed by atoms with Gasteiger partial charge in [-0.3, -0.25) is 0 Å². The summed E-state index contributed by atoms with van der Waals surface area (Å²) in [7, 11) is 0. The zero-order valence-corrected chi connectivity index (χ0v) is 7.41. The van der Waals surface area contributed by atoms with Crippen LogP contribution in [0.15, 0.2) is 6.20 Å². The number of rotatable bonds is 1. The van der Waals surface area contributed by atoms with Gasteiger partial charge in [0.1, 0.15) is 5.69 Å². The molecule has 0 N–H and O–H groups in total. The summed E-state index contributed by atoms with van der Waals surface area (Å²) in [6, 6.07) is 0. The Labute approximate surface area is 87.5 Å². The third-order valence-electron chi connectivity index (χ3n) is 2.11. The molecule has 0 aromatic carbocycles. The number of carboxylic acid groups (broad SMARTS) is 1. The summed E-state index contributed by atoms with van der Waals surface area (Å²) in [6.07, 6.45) is 4.32. The zero-order valence-electron chi connectivity index (χ0n) is 7.41. The maximum atomic E-state index is 10.5. The van der Waals surface area contributed by atoms with Crippen molar-refractivity contribution in [3.05, 3.63) is 23.0 Å². The van der Waals surface area contributed by atoms with E-state index in [1.165, 1.54) is 0 Å². The molecule has 1 aromatic heterocycles. The molecule has 0 atom stereocenters. The van der Waals surface area contributed by atoms with Crippen LogP contribution in [0.4, 0.5) is 0 Å². The maximum absolute atomic E-state index is 10.5. The van der Waals surface area contributed by atoms with E-state index in [-0.39, 0.29) is 24.6 Å². The molecule has 4 nitrogen and oxygen atoms in total. The van der Waals surface area contributed by atoms with E-state index in [0.29, 0.717) is 0 Å². The van der Waals surface area contributed by atoms with Crippen LogP contribution in [0.25, 0.3) is 0 Å². The summed E-state index contributed by atoms with van der Waals surface area (Å²) in [5.41, 5.74) is 1.83. The molecule has 13 heavy (non-hydrogen) atoms. The molecule has 0 bridgehead atoms. The molecule has 0 saturated carbocycles. The van der Waals surface area contributed by atoms with Crippen molar-refractivity contribution in [2.24, 2.45) is 0 Å². The van der Waals surface area contributed by atoms with Crippen molar-refractivity contribution in [2.45, 2.75) is 19.3 Å². The van der Waals surface area contributed by atoms with Gasteiger partial charge in [-0.2, -0.15) is 5.10 Å². The fraction of sp³-hybridized carbons (Fsp3) is 0.375. The number of aromatic carboxylic acids is 1. The van der Waals surface area contributed by atoms with Crippen molar-refractivity contribution in [1.82, 2.24) is 10.2 Å². The monoisotopic (exact) mass is 170 g/mol. The maximum Gasteiger partial charge on any atom is 1.00 e. The molecule has 62 valence electrons. The van der Waals surface area contributed by atoms with Gasteiger partial charge in [-0.1, -0.05) is 0 Å². The van der Waals surface area contributed by atoms with Crippen molar-refractivity contribution >= 4 is 5.97 Å². The standard InChI is InChI=1S/C8H8N2O2.Li/c11-8(12)7-6-3-1-2-5(6)4-9-10-7;/h4H,1-3H2,(H,11,12);/q;+1/p-1. The largest absolute Gasteiger partial charge is 1.00 e. The average molecular weight is 170 g/mol. The normalized spacial score (nSPS) is 13.2. The summed E-state index contributed by atoms with van der Waals surface area (Å²) < 4.78 is 0. The van der Waals surface area contributed by atoms with Crippen molar-refractivity contribution in [1.29, 1.82) is 0 Å². The van der Waals surface area contributed by atoms with E-state index in [0.717, 1.165) is 30.4 Å². The molecule has 1 heterocycles. The minimum atomic E-state index is -1.22. The predicted molar refractivity (Wildman–Crippen MR) is 38.4 cm³/mol. The van der Waals surface area contributed by atoms with Gasteiger partial charge < -0.3 is 9.90 Å². The van der Waals surface area contributed by atoms with Gasteiger partial charge in [-0.15, -0.1) is 5.10 Å². The fourth-order valence-corrected chi connectivity index (χ4v) is 1.56. The molecule has 0 aliphatic heterocycles. The van der Waals surface area contributed by atoms with Gasteiger partial charge in [-0.05, 0) is 30.4 Å². The summed E-state index contributed by atoms with van der Waals surface area (Å²) in [5.74, 6) is -1.22. The number of hydrogen-bond donors (Lipinski definition) is 0. The minimum Gasteiger partial charge on any atom is -0.543 e. The van der Waals surface area contributed by atoms with E-state index >= 15 is 0 Å². The first-order valence-corrected chi connectivity index (χ1v) is 3.84. The predicted octanol–water partition coefficient (Wildman–Crippen LogP) is -3.67. The summed E-state index contributed by atoms with van der Waals surface area (Å²) >= 11 is 0. The Bertz CT molecular complexity index is 341. The van der Waals surface area contributed by atoms with Crippen molar-refractivity contribution in [2.75, 3.05) is 0 Å².